The third-order valence-electron chi connectivity index (χ3n) is 6.44. The number of ether oxygens (including phenoxy) is 2. The molecule has 3 aromatic rings. The van der Waals surface area contributed by atoms with Gasteiger partial charge in [0.2, 0.25) is 5.95 Å². The van der Waals surface area contributed by atoms with Crippen LogP contribution in [0.25, 0.3) is 11.2 Å². The third-order valence-corrected chi connectivity index (χ3v) is 10.5. The molecule has 5 rings (SSSR count). The van der Waals surface area contributed by atoms with E-state index in [2.05, 4.69) is 20.0 Å². The van der Waals surface area contributed by atoms with Crippen molar-refractivity contribution >= 4 is 41.2 Å². The minimum absolute atomic E-state index is 0.0247. The van der Waals surface area contributed by atoms with Gasteiger partial charge in [-0.1, -0.05) is 41.7 Å². The van der Waals surface area contributed by atoms with Crippen molar-refractivity contribution in [2.75, 3.05) is 18.1 Å². The summed E-state index contributed by atoms with van der Waals surface area (Å²) < 4.78 is 31.5. The van der Waals surface area contributed by atoms with Crippen molar-refractivity contribution in [1.29, 1.82) is 0 Å². The van der Waals surface area contributed by atoms with Gasteiger partial charge in [-0.05, 0) is 19.4 Å². The van der Waals surface area contributed by atoms with Crippen LogP contribution in [0, 0.1) is 0 Å². The molecule has 2 aliphatic heterocycles. The average Bonchev–Trinajstić information content (AvgIpc) is 3.54. The quantitative estimate of drug-likeness (QED) is 0.199. The largest absolute Gasteiger partial charge is 0.457 e. The number of nitrogens with one attached hydrogen (secondary N) is 2. The van der Waals surface area contributed by atoms with Crippen LogP contribution >= 0.6 is 18.1 Å². The number of aliphatic hydroxyl groups excluding tert-OH is 1. The van der Waals surface area contributed by atoms with Crippen LogP contribution in [0.15, 0.2) is 41.5 Å². The number of aromatic nitrogens is 4. The van der Waals surface area contributed by atoms with Crippen molar-refractivity contribution < 1.29 is 33.6 Å². The monoisotopic (exact) mass is 566 g/mol. The molecule has 0 unspecified atom stereocenters. The molecule has 14 nitrogen and oxygen atoms in total. The molecular formula is C22H27N6O8PS. The van der Waals surface area contributed by atoms with Gasteiger partial charge in [0.1, 0.15) is 30.0 Å². The summed E-state index contributed by atoms with van der Waals surface area (Å²) in [4.78, 5) is 35.1. The summed E-state index contributed by atoms with van der Waals surface area (Å²) in [6.45, 7) is -0.825. The number of benzene rings is 1. The van der Waals surface area contributed by atoms with E-state index in [0.29, 0.717) is 0 Å². The van der Waals surface area contributed by atoms with Crippen LogP contribution in [0.4, 0.5) is 5.95 Å². The van der Waals surface area contributed by atoms with Crippen LogP contribution in [0.3, 0.4) is 0 Å². The van der Waals surface area contributed by atoms with Gasteiger partial charge in [0.15, 0.2) is 17.4 Å². The van der Waals surface area contributed by atoms with Crippen LogP contribution in [-0.4, -0.2) is 71.9 Å². The third kappa shape index (κ3) is 4.98. The number of aliphatic hydroxyl groups is 2. The SMILES string of the molecule is C[C@H](OC(=O)[C@@H]1CS[P@](=O)(OC[C@H]2O[C@@H](n3cnc4c(=O)[nH]c(N)nc43)[C@](C)(O)[C@@H]2O)N1)c1ccccc1. The van der Waals surface area contributed by atoms with Crippen molar-refractivity contribution in [3.05, 3.63) is 52.6 Å². The van der Waals surface area contributed by atoms with Crippen molar-refractivity contribution in [3.63, 3.8) is 0 Å². The number of fused-ring (bicyclic) bond motifs is 1. The summed E-state index contributed by atoms with van der Waals surface area (Å²) in [6, 6.07) is 8.37. The molecule has 2 aromatic heterocycles. The normalized spacial score (nSPS) is 32.0. The van der Waals surface area contributed by atoms with E-state index in [0.717, 1.165) is 16.9 Å². The van der Waals surface area contributed by atoms with Gasteiger partial charge in [-0.3, -0.25) is 23.7 Å². The standard InChI is InChI=1S/C22H27N6O8PS/c1-11(12-6-4-3-5-7-12)35-19(31)13-9-38-37(33,27-13)34-8-14-16(29)22(2,32)20(36-14)28-10-24-15-17(28)25-21(23)26-18(15)30/h3-7,10-11,13-14,16,20,29,32H,8-9H2,1-2H3,(H,27,33)(H3,23,25,26,30)/t11-,13-,14+,16+,20+,22+,37+/m0/s1. The lowest BCUT2D eigenvalue weighted by atomic mass is 9.96. The first-order chi connectivity index (χ1) is 18.0. The number of nitrogen functional groups attached to an aromatic ring is 1. The number of carbonyl (C=O) groups excluding carboxylic acids is 1. The van der Waals surface area contributed by atoms with E-state index in [-0.39, 0.29) is 29.5 Å². The summed E-state index contributed by atoms with van der Waals surface area (Å²) in [5.41, 5.74) is 4.07. The number of rotatable bonds is 7. The highest BCUT2D eigenvalue weighted by atomic mass is 32.7. The lowest BCUT2D eigenvalue weighted by Gasteiger charge is -2.27. The summed E-state index contributed by atoms with van der Waals surface area (Å²) in [7, 11) is 0. The Labute approximate surface area is 220 Å². The number of anilines is 1. The van der Waals surface area contributed by atoms with Gasteiger partial charge in [0, 0.05) is 5.75 Å². The highest BCUT2D eigenvalue weighted by molar-refractivity contribution is 8.56. The van der Waals surface area contributed by atoms with Gasteiger partial charge in [-0.2, -0.15) is 4.98 Å². The molecule has 16 heteroatoms. The number of nitrogens with two attached hydrogens (primary N) is 1. The Balaban J connectivity index is 1.23. The van der Waals surface area contributed by atoms with Crippen molar-refractivity contribution in [3.8, 4) is 0 Å². The predicted molar refractivity (Wildman–Crippen MR) is 137 cm³/mol. The van der Waals surface area contributed by atoms with Crippen LogP contribution in [0.2, 0.25) is 0 Å². The Morgan fingerprint density at radius 3 is 2.89 bits per heavy atom. The van der Waals surface area contributed by atoms with E-state index in [9.17, 15) is 24.4 Å². The second-order valence-electron chi connectivity index (χ2n) is 9.23. The highest BCUT2D eigenvalue weighted by Crippen LogP contribution is 2.61. The van der Waals surface area contributed by atoms with Crippen LogP contribution in [0.1, 0.15) is 31.7 Å². The van der Waals surface area contributed by atoms with E-state index < -0.39 is 54.4 Å². The Morgan fingerprint density at radius 1 is 1.42 bits per heavy atom. The number of imidazole rings is 1. The molecule has 1 aromatic carbocycles. The van der Waals surface area contributed by atoms with Gasteiger partial charge in [0.05, 0.1) is 12.9 Å². The number of hydrogen-bond donors (Lipinski definition) is 5. The molecule has 0 saturated carbocycles. The van der Waals surface area contributed by atoms with Gasteiger partial charge in [-0.25, -0.2) is 10.1 Å². The highest BCUT2D eigenvalue weighted by Gasteiger charge is 2.54. The minimum Gasteiger partial charge on any atom is -0.457 e. The molecule has 0 bridgehead atoms. The zero-order valence-corrected chi connectivity index (χ0v) is 22.1. The number of esters is 1. The van der Waals surface area contributed by atoms with Crippen molar-refractivity contribution in [2.24, 2.45) is 0 Å². The number of carbonyl (C=O) groups is 1. The summed E-state index contributed by atoms with van der Waals surface area (Å²) in [5, 5.41) is 24.5. The molecule has 2 saturated heterocycles. The fourth-order valence-electron chi connectivity index (χ4n) is 4.35. The van der Waals surface area contributed by atoms with Gasteiger partial charge in [0.25, 0.3) is 5.56 Å². The second-order valence-corrected chi connectivity index (χ2v) is 13.6. The topological polar surface area (TPSA) is 204 Å². The van der Waals surface area contributed by atoms with Crippen LogP contribution < -0.4 is 16.4 Å². The van der Waals surface area contributed by atoms with Gasteiger partial charge >= 0.3 is 12.7 Å². The Kier molecular flexibility index (Phi) is 7.11. The molecule has 204 valence electrons. The number of H-pyrrole nitrogens is 1. The zero-order chi connectivity index (χ0) is 27.2. The summed E-state index contributed by atoms with van der Waals surface area (Å²) in [5.74, 6) is -0.561. The smallest absolute Gasteiger partial charge is 0.327 e. The Morgan fingerprint density at radius 2 is 2.16 bits per heavy atom. The van der Waals surface area contributed by atoms with Crippen LogP contribution in [0.5, 0.6) is 0 Å². The number of hydrogen-bond acceptors (Lipinski definition) is 12. The molecule has 0 spiro atoms. The molecule has 6 N–H and O–H groups in total. The first-order valence-corrected chi connectivity index (χ1v) is 14.9. The molecular weight excluding hydrogens is 539 g/mol. The van der Waals surface area contributed by atoms with Gasteiger partial charge in [-0.15, -0.1) is 0 Å². The molecule has 38 heavy (non-hydrogen) atoms. The maximum absolute atomic E-state index is 13.2. The lowest BCUT2D eigenvalue weighted by Crippen LogP contribution is -2.44. The summed E-state index contributed by atoms with van der Waals surface area (Å²) >= 11 is 0.937. The van der Waals surface area contributed by atoms with Crippen LogP contribution in [-0.2, 0) is 23.4 Å². The van der Waals surface area contributed by atoms with E-state index in [1.165, 1.54) is 17.8 Å². The number of aromatic amines is 1. The molecule has 7 atom stereocenters. The Hall–Kier alpha value is -2.78. The molecule has 0 radical (unpaired) electrons. The molecule has 4 heterocycles. The fourth-order valence-corrected chi connectivity index (χ4v) is 8.23. The fraction of sp³-hybridized carbons (Fsp3) is 0.455. The summed E-state index contributed by atoms with van der Waals surface area (Å²) in [6.07, 6.45) is -3.03. The molecule has 2 aliphatic rings. The first kappa shape index (κ1) is 26.8. The van der Waals surface area contributed by atoms with E-state index in [4.69, 9.17) is 19.7 Å². The minimum atomic E-state index is -3.55. The first-order valence-electron chi connectivity index (χ1n) is 11.7. The van der Waals surface area contributed by atoms with Gasteiger partial charge < -0.3 is 29.9 Å². The maximum Gasteiger partial charge on any atom is 0.327 e. The average molecular weight is 567 g/mol. The zero-order valence-electron chi connectivity index (χ0n) is 20.4. The second kappa shape index (κ2) is 10.1. The lowest BCUT2D eigenvalue weighted by molar-refractivity contribution is -0.150. The molecule has 0 amide bonds. The molecule has 0 aliphatic carbocycles. The van der Waals surface area contributed by atoms with E-state index in [1.807, 2.05) is 30.3 Å². The predicted octanol–water partition coefficient (Wildman–Crippen LogP) is 0.845. The molecule has 2 fully saturated rings. The van der Waals surface area contributed by atoms with E-state index >= 15 is 0 Å². The van der Waals surface area contributed by atoms with Crippen molar-refractivity contribution in [1.82, 2.24) is 24.6 Å². The van der Waals surface area contributed by atoms with E-state index in [1.54, 1.807) is 6.92 Å². The maximum atomic E-state index is 13.2. The van der Waals surface area contributed by atoms with Crippen molar-refractivity contribution in [2.45, 2.75) is 50.0 Å². The Bertz CT molecular complexity index is 1450. The number of nitrogens with zero attached hydrogens (tertiary/aromatic N) is 3.